The van der Waals surface area contributed by atoms with Crippen LogP contribution in [0.2, 0.25) is 0 Å². The minimum absolute atomic E-state index is 0.0628. The third kappa shape index (κ3) is 4.30. The molecule has 1 fully saturated rings. The molecule has 5 heteroatoms. The summed E-state index contributed by atoms with van der Waals surface area (Å²) in [5.41, 5.74) is 3.12. The second-order valence-corrected chi connectivity index (χ2v) is 8.14. The Bertz CT molecular complexity index is 1290. The Morgan fingerprint density at radius 1 is 0.667 bits per heavy atom. The van der Waals surface area contributed by atoms with Gasteiger partial charge in [0.2, 0.25) is 0 Å². The van der Waals surface area contributed by atoms with Crippen molar-refractivity contribution in [2.45, 2.75) is 0 Å². The fourth-order valence-corrected chi connectivity index (χ4v) is 4.38. The predicted molar refractivity (Wildman–Crippen MR) is 133 cm³/mol. The number of anilines is 2. The predicted octanol–water partition coefficient (Wildman–Crippen LogP) is 5.05. The maximum absolute atomic E-state index is 13.2. The Hall–Kier alpha value is -4.12. The first kappa shape index (κ1) is 20.8. The van der Waals surface area contributed by atoms with Gasteiger partial charge < -0.3 is 15.1 Å². The minimum atomic E-state index is -0.128. The molecule has 0 saturated carbocycles. The van der Waals surface area contributed by atoms with Crippen molar-refractivity contribution in [3.05, 3.63) is 108 Å². The first-order valence-corrected chi connectivity index (χ1v) is 11.2. The summed E-state index contributed by atoms with van der Waals surface area (Å²) in [5, 5.41) is 5.09. The van der Waals surface area contributed by atoms with E-state index in [1.54, 1.807) is 0 Å². The lowest BCUT2D eigenvalue weighted by molar-refractivity contribution is 0.0746. The molecule has 0 bridgehead atoms. The molecule has 1 heterocycles. The van der Waals surface area contributed by atoms with Crippen molar-refractivity contribution in [3.8, 4) is 0 Å². The average Bonchev–Trinajstić information content (AvgIpc) is 2.89. The molecule has 164 valence electrons. The van der Waals surface area contributed by atoms with Crippen LogP contribution in [-0.2, 0) is 0 Å². The molecule has 5 nitrogen and oxygen atoms in total. The number of carbonyl (C=O) groups excluding carboxylic acids is 2. The summed E-state index contributed by atoms with van der Waals surface area (Å²) in [6.07, 6.45) is 0. The van der Waals surface area contributed by atoms with E-state index in [0.717, 1.165) is 22.1 Å². The minimum Gasteiger partial charge on any atom is -0.366 e. The Morgan fingerprint density at radius 2 is 1.33 bits per heavy atom. The highest BCUT2D eigenvalue weighted by atomic mass is 16.2. The van der Waals surface area contributed by atoms with E-state index in [1.807, 2.05) is 102 Å². The smallest absolute Gasteiger partial charge is 0.256 e. The third-order valence-corrected chi connectivity index (χ3v) is 6.11. The zero-order valence-corrected chi connectivity index (χ0v) is 18.3. The number of amides is 2. The molecule has 4 aromatic rings. The topological polar surface area (TPSA) is 52.7 Å². The van der Waals surface area contributed by atoms with Crippen molar-refractivity contribution < 1.29 is 9.59 Å². The third-order valence-electron chi connectivity index (χ3n) is 6.11. The van der Waals surface area contributed by atoms with Gasteiger partial charge in [0.05, 0.1) is 11.4 Å². The largest absolute Gasteiger partial charge is 0.366 e. The maximum Gasteiger partial charge on any atom is 0.256 e. The number of carbonyl (C=O) groups is 2. The lowest BCUT2D eigenvalue weighted by Crippen LogP contribution is -2.49. The highest BCUT2D eigenvalue weighted by molar-refractivity contribution is 6.13. The highest BCUT2D eigenvalue weighted by Crippen LogP contribution is 2.28. The number of para-hydroxylation sites is 2. The van der Waals surface area contributed by atoms with Crippen molar-refractivity contribution in [1.82, 2.24) is 4.90 Å². The molecule has 0 radical (unpaired) electrons. The standard InChI is InChI=1S/C28H25N3O2/c32-27(24-14-8-12-21-9-4-5-13-23(21)24)29-25-15-6-7-16-26(25)30-17-19-31(20-18-30)28(33)22-10-2-1-3-11-22/h1-16H,17-20H2,(H,29,32). The molecule has 0 unspecified atom stereocenters. The van der Waals surface area contributed by atoms with E-state index in [2.05, 4.69) is 10.2 Å². The van der Waals surface area contributed by atoms with E-state index < -0.39 is 0 Å². The van der Waals surface area contributed by atoms with E-state index in [-0.39, 0.29) is 11.8 Å². The zero-order valence-electron chi connectivity index (χ0n) is 18.3. The van der Waals surface area contributed by atoms with Crippen LogP contribution in [0.25, 0.3) is 10.8 Å². The number of nitrogens with zero attached hydrogens (tertiary/aromatic N) is 2. The van der Waals surface area contributed by atoms with Gasteiger partial charge in [-0.05, 0) is 41.1 Å². The van der Waals surface area contributed by atoms with Crippen LogP contribution in [0, 0.1) is 0 Å². The van der Waals surface area contributed by atoms with Crippen molar-refractivity contribution in [1.29, 1.82) is 0 Å². The first-order valence-electron chi connectivity index (χ1n) is 11.2. The van der Waals surface area contributed by atoms with Crippen LogP contribution < -0.4 is 10.2 Å². The SMILES string of the molecule is O=C(Nc1ccccc1N1CCN(C(=O)c2ccccc2)CC1)c1cccc2ccccc12. The Morgan fingerprint density at radius 3 is 2.15 bits per heavy atom. The van der Waals surface area contributed by atoms with Gasteiger partial charge in [0.1, 0.15) is 0 Å². The highest BCUT2D eigenvalue weighted by Gasteiger charge is 2.24. The van der Waals surface area contributed by atoms with Gasteiger partial charge in [-0.2, -0.15) is 0 Å². The number of piperazine rings is 1. The zero-order chi connectivity index (χ0) is 22.6. The summed E-state index contributed by atoms with van der Waals surface area (Å²) in [7, 11) is 0. The Balaban J connectivity index is 1.32. The monoisotopic (exact) mass is 435 g/mol. The number of benzene rings is 4. The van der Waals surface area contributed by atoms with Crippen LogP contribution in [0.5, 0.6) is 0 Å². The fourth-order valence-electron chi connectivity index (χ4n) is 4.38. The molecule has 1 N–H and O–H groups in total. The molecule has 4 aromatic carbocycles. The average molecular weight is 436 g/mol. The summed E-state index contributed by atoms with van der Waals surface area (Å²) in [6.45, 7) is 2.69. The van der Waals surface area contributed by atoms with Crippen molar-refractivity contribution in [2.75, 3.05) is 36.4 Å². The molecule has 0 spiro atoms. The molecule has 33 heavy (non-hydrogen) atoms. The fraction of sp³-hybridized carbons (Fsp3) is 0.143. The van der Waals surface area contributed by atoms with Crippen LogP contribution in [-0.4, -0.2) is 42.9 Å². The van der Waals surface area contributed by atoms with Gasteiger partial charge in [0.25, 0.3) is 11.8 Å². The van der Waals surface area contributed by atoms with E-state index in [0.29, 0.717) is 37.3 Å². The number of nitrogens with one attached hydrogen (secondary N) is 1. The molecule has 0 aliphatic carbocycles. The molecular formula is C28H25N3O2. The van der Waals surface area contributed by atoms with Gasteiger partial charge in [0, 0.05) is 37.3 Å². The molecule has 1 aliphatic heterocycles. The van der Waals surface area contributed by atoms with Crippen LogP contribution >= 0.6 is 0 Å². The Labute approximate surface area is 193 Å². The van der Waals surface area contributed by atoms with Crippen molar-refractivity contribution >= 4 is 34.0 Å². The summed E-state index contributed by atoms with van der Waals surface area (Å²) in [4.78, 5) is 30.1. The van der Waals surface area contributed by atoms with Crippen LogP contribution in [0.1, 0.15) is 20.7 Å². The van der Waals surface area contributed by atoms with E-state index >= 15 is 0 Å². The van der Waals surface area contributed by atoms with E-state index in [9.17, 15) is 9.59 Å². The molecule has 2 amide bonds. The van der Waals surface area contributed by atoms with Gasteiger partial charge in [0.15, 0.2) is 0 Å². The second-order valence-electron chi connectivity index (χ2n) is 8.14. The van der Waals surface area contributed by atoms with Crippen LogP contribution in [0.4, 0.5) is 11.4 Å². The molecular weight excluding hydrogens is 410 g/mol. The quantitative estimate of drug-likeness (QED) is 0.488. The normalized spacial score (nSPS) is 13.7. The number of rotatable bonds is 4. The van der Waals surface area contributed by atoms with Crippen molar-refractivity contribution in [2.24, 2.45) is 0 Å². The van der Waals surface area contributed by atoms with Gasteiger partial charge in [-0.15, -0.1) is 0 Å². The number of fused-ring (bicyclic) bond motifs is 1. The lowest BCUT2D eigenvalue weighted by atomic mass is 10.0. The Kier molecular flexibility index (Phi) is 5.77. The number of hydrogen-bond donors (Lipinski definition) is 1. The second kappa shape index (κ2) is 9.17. The first-order chi connectivity index (χ1) is 16.2. The molecule has 1 saturated heterocycles. The summed E-state index contributed by atoms with van der Waals surface area (Å²) < 4.78 is 0. The molecule has 0 aromatic heterocycles. The van der Waals surface area contributed by atoms with E-state index in [4.69, 9.17) is 0 Å². The summed E-state index contributed by atoms with van der Waals surface area (Å²) in [5.74, 6) is -0.0649. The van der Waals surface area contributed by atoms with Crippen LogP contribution in [0.15, 0.2) is 97.1 Å². The van der Waals surface area contributed by atoms with Crippen molar-refractivity contribution in [3.63, 3.8) is 0 Å². The molecule has 1 aliphatic rings. The van der Waals surface area contributed by atoms with Gasteiger partial charge >= 0.3 is 0 Å². The maximum atomic E-state index is 13.2. The van der Waals surface area contributed by atoms with Gasteiger partial charge in [-0.3, -0.25) is 9.59 Å². The number of hydrogen-bond acceptors (Lipinski definition) is 3. The summed E-state index contributed by atoms with van der Waals surface area (Å²) in [6, 6.07) is 30.9. The lowest BCUT2D eigenvalue weighted by Gasteiger charge is -2.37. The summed E-state index contributed by atoms with van der Waals surface area (Å²) >= 11 is 0. The molecule has 5 rings (SSSR count). The van der Waals surface area contributed by atoms with E-state index in [1.165, 1.54) is 0 Å². The van der Waals surface area contributed by atoms with Gasteiger partial charge in [-0.25, -0.2) is 0 Å². The molecule has 0 atom stereocenters. The van der Waals surface area contributed by atoms with Gasteiger partial charge in [-0.1, -0.05) is 66.7 Å². The van der Waals surface area contributed by atoms with Crippen LogP contribution in [0.3, 0.4) is 0 Å².